The van der Waals surface area contributed by atoms with E-state index in [9.17, 15) is 12.8 Å². The van der Waals surface area contributed by atoms with Crippen LogP contribution in [0.25, 0.3) is 0 Å². The number of hydrogen-bond acceptors (Lipinski definition) is 4. The zero-order valence-corrected chi connectivity index (χ0v) is 12.7. The third-order valence-corrected chi connectivity index (χ3v) is 6.30. The normalized spacial score (nSPS) is 24.2. The second-order valence-electron chi connectivity index (χ2n) is 5.66. The van der Waals surface area contributed by atoms with Gasteiger partial charge in [0.1, 0.15) is 10.7 Å². The summed E-state index contributed by atoms with van der Waals surface area (Å²) in [5.41, 5.74) is 6.04. The summed E-state index contributed by atoms with van der Waals surface area (Å²) in [4.78, 5) is 2.08. The lowest BCUT2D eigenvalue weighted by molar-refractivity contribution is 0.158. The van der Waals surface area contributed by atoms with Gasteiger partial charge in [0.05, 0.1) is 0 Å². The lowest BCUT2D eigenvalue weighted by Gasteiger charge is -2.36. The molecule has 0 bridgehead atoms. The van der Waals surface area contributed by atoms with Crippen LogP contribution in [0.15, 0.2) is 23.1 Å². The van der Waals surface area contributed by atoms with E-state index in [0.29, 0.717) is 18.7 Å². The van der Waals surface area contributed by atoms with E-state index >= 15 is 0 Å². The van der Waals surface area contributed by atoms with E-state index in [4.69, 9.17) is 5.73 Å². The number of benzene rings is 1. The average molecular weight is 313 g/mol. The van der Waals surface area contributed by atoms with Gasteiger partial charge in [0, 0.05) is 32.2 Å². The Kier molecular flexibility index (Phi) is 4.00. The molecule has 0 radical (unpaired) electrons. The van der Waals surface area contributed by atoms with Gasteiger partial charge in [-0.2, -0.15) is 4.31 Å². The summed E-state index contributed by atoms with van der Waals surface area (Å²) in [5, 5.41) is 0. The van der Waals surface area contributed by atoms with Gasteiger partial charge in [0.25, 0.3) is 0 Å². The Morgan fingerprint density at radius 1 is 1.29 bits per heavy atom. The van der Waals surface area contributed by atoms with E-state index in [-0.39, 0.29) is 17.5 Å². The Hall–Kier alpha value is -1.02. The van der Waals surface area contributed by atoms with Crippen LogP contribution in [-0.4, -0.2) is 49.8 Å². The Labute approximate surface area is 124 Å². The molecule has 2 fully saturated rings. The fourth-order valence-corrected chi connectivity index (χ4v) is 4.71. The van der Waals surface area contributed by atoms with E-state index in [1.165, 1.54) is 16.4 Å². The maximum absolute atomic E-state index is 14.1. The van der Waals surface area contributed by atoms with Crippen LogP contribution in [0.1, 0.15) is 18.4 Å². The summed E-state index contributed by atoms with van der Waals surface area (Å²) in [6.07, 6.45) is 2.12. The number of halogens is 1. The van der Waals surface area contributed by atoms with Crippen LogP contribution in [-0.2, 0) is 16.6 Å². The molecule has 116 valence electrons. The van der Waals surface area contributed by atoms with Crippen LogP contribution < -0.4 is 5.73 Å². The number of fused-ring (bicyclic) bond motifs is 1. The summed E-state index contributed by atoms with van der Waals surface area (Å²) in [5.74, 6) is -0.716. The predicted octanol–water partition coefficient (Wildman–Crippen LogP) is 0.753. The SMILES string of the molecule is NCc1ccc(S(=O)(=O)N2CCN3CCCC3C2)c(F)c1. The highest BCUT2D eigenvalue weighted by molar-refractivity contribution is 7.89. The van der Waals surface area contributed by atoms with Crippen LogP contribution in [0, 0.1) is 5.82 Å². The number of rotatable bonds is 3. The minimum absolute atomic E-state index is 0.192. The highest BCUT2D eigenvalue weighted by Gasteiger charge is 2.37. The molecular weight excluding hydrogens is 293 g/mol. The Morgan fingerprint density at radius 3 is 2.81 bits per heavy atom. The van der Waals surface area contributed by atoms with Gasteiger partial charge in [-0.15, -0.1) is 0 Å². The molecule has 2 saturated heterocycles. The molecule has 1 atom stereocenters. The van der Waals surface area contributed by atoms with Gasteiger partial charge in [-0.3, -0.25) is 4.90 Å². The number of hydrogen-bond donors (Lipinski definition) is 1. The first-order chi connectivity index (χ1) is 10.0. The van der Waals surface area contributed by atoms with Crippen LogP contribution in [0.2, 0.25) is 0 Å². The number of nitrogens with two attached hydrogens (primary N) is 1. The topological polar surface area (TPSA) is 66.6 Å². The number of nitrogens with zero attached hydrogens (tertiary/aromatic N) is 2. The third-order valence-electron chi connectivity index (χ3n) is 4.40. The summed E-state index contributed by atoms with van der Waals surface area (Å²) >= 11 is 0. The molecule has 1 aromatic carbocycles. The van der Waals surface area contributed by atoms with Crippen molar-refractivity contribution < 1.29 is 12.8 Å². The van der Waals surface area contributed by atoms with Crippen LogP contribution >= 0.6 is 0 Å². The van der Waals surface area contributed by atoms with Gasteiger partial charge in [-0.1, -0.05) is 6.07 Å². The maximum Gasteiger partial charge on any atom is 0.246 e. The van der Waals surface area contributed by atoms with Crippen molar-refractivity contribution >= 4 is 10.0 Å². The van der Waals surface area contributed by atoms with Crippen LogP contribution in [0.5, 0.6) is 0 Å². The van der Waals surface area contributed by atoms with Gasteiger partial charge in [0.2, 0.25) is 10.0 Å². The molecule has 5 nitrogen and oxygen atoms in total. The van der Waals surface area contributed by atoms with E-state index in [1.54, 1.807) is 6.07 Å². The highest BCUT2D eigenvalue weighted by atomic mass is 32.2. The van der Waals surface area contributed by atoms with Crippen molar-refractivity contribution in [3.8, 4) is 0 Å². The Bertz CT molecular complexity index is 635. The molecule has 2 N–H and O–H groups in total. The molecule has 21 heavy (non-hydrogen) atoms. The first-order valence-corrected chi connectivity index (χ1v) is 8.69. The minimum atomic E-state index is -3.77. The third kappa shape index (κ3) is 2.70. The zero-order valence-electron chi connectivity index (χ0n) is 11.8. The molecule has 2 aliphatic rings. The van der Waals surface area contributed by atoms with E-state index in [1.807, 2.05) is 0 Å². The molecule has 2 heterocycles. The van der Waals surface area contributed by atoms with Crippen LogP contribution in [0.4, 0.5) is 4.39 Å². The predicted molar refractivity (Wildman–Crippen MR) is 77.6 cm³/mol. The first kappa shape index (κ1) is 14.9. The maximum atomic E-state index is 14.1. The second-order valence-corrected chi connectivity index (χ2v) is 7.57. The quantitative estimate of drug-likeness (QED) is 0.894. The molecular formula is C14H20FN3O2S. The minimum Gasteiger partial charge on any atom is -0.326 e. The van der Waals surface area contributed by atoms with Gasteiger partial charge in [0.15, 0.2) is 0 Å². The second kappa shape index (κ2) is 5.64. The molecule has 0 saturated carbocycles. The summed E-state index contributed by atoms with van der Waals surface area (Å²) in [6.45, 7) is 2.85. The summed E-state index contributed by atoms with van der Waals surface area (Å²) in [6, 6.07) is 4.38. The summed E-state index contributed by atoms with van der Waals surface area (Å²) < 4.78 is 40.8. The largest absolute Gasteiger partial charge is 0.326 e. The monoisotopic (exact) mass is 313 g/mol. The zero-order chi connectivity index (χ0) is 15.0. The standard InChI is InChI=1S/C14H20FN3O2S/c15-13-8-11(9-16)3-4-14(13)21(19,20)18-7-6-17-5-1-2-12(17)10-18/h3-4,8,12H,1-2,5-7,9-10,16H2. The van der Waals surface area contributed by atoms with Crippen molar-refractivity contribution in [3.63, 3.8) is 0 Å². The van der Waals surface area contributed by atoms with Crippen LogP contribution in [0.3, 0.4) is 0 Å². The first-order valence-electron chi connectivity index (χ1n) is 7.25. The lowest BCUT2D eigenvalue weighted by Crippen LogP contribution is -2.52. The fourth-order valence-electron chi connectivity index (χ4n) is 3.20. The van der Waals surface area contributed by atoms with Crippen molar-refractivity contribution in [1.82, 2.24) is 9.21 Å². The van der Waals surface area contributed by atoms with Crippen molar-refractivity contribution in [1.29, 1.82) is 0 Å². The molecule has 0 spiro atoms. The number of piperazine rings is 1. The smallest absolute Gasteiger partial charge is 0.246 e. The molecule has 0 amide bonds. The number of sulfonamides is 1. The Morgan fingerprint density at radius 2 is 2.10 bits per heavy atom. The van der Waals surface area contributed by atoms with Gasteiger partial charge < -0.3 is 5.73 Å². The lowest BCUT2D eigenvalue weighted by atomic mass is 10.2. The van der Waals surface area contributed by atoms with Gasteiger partial charge >= 0.3 is 0 Å². The molecule has 0 aromatic heterocycles. The van der Waals surface area contributed by atoms with E-state index < -0.39 is 15.8 Å². The fraction of sp³-hybridized carbons (Fsp3) is 0.571. The average Bonchev–Trinajstić information content (AvgIpc) is 2.94. The van der Waals surface area contributed by atoms with Crippen molar-refractivity contribution in [2.24, 2.45) is 5.73 Å². The van der Waals surface area contributed by atoms with Crippen molar-refractivity contribution in [2.75, 3.05) is 26.2 Å². The van der Waals surface area contributed by atoms with Crippen molar-refractivity contribution in [3.05, 3.63) is 29.6 Å². The molecule has 2 aliphatic heterocycles. The van der Waals surface area contributed by atoms with E-state index in [2.05, 4.69) is 4.90 Å². The summed E-state index contributed by atoms with van der Waals surface area (Å²) in [7, 11) is -3.77. The van der Waals surface area contributed by atoms with Crippen molar-refractivity contribution in [2.45, 2.75) is 30.3 Å². The molecule has 7 heteroatoms. The Balaban J connectivity index is 1.86. The molecule has 1 unspecified atom stereocenters. The molecule has 1 aromatic rings. The highest BCUT2D eigenvalue weighted by Crippen LogP contribution is 2.27. The van der Waals surface area contributed by atoms with Gasteiger partial charge in [-0.05, 0) is 37.1 Å². The molecule has 0 aliphatic carbocycles. The molecule has 3 rings (SSSR count). The van der Waals surface area contributed by atoms with E-state index in [0.717, 1.165) is 25.9 Å². The van der Waals surface area contributed by atoms with Gasteiger partial charge in [-0.25, -0.2) is 12.8 Å².